The topological polar surface area (TPSA) is 186 Å². The molecule has 2 aromatic carbocycles. The van der Waals surface area contributed by atoms with E-state index in [1.165, 1.54) is 6.07 Å². The third kappa shape index (κ3) is 10.1. The van der Waals surface area contributed by atoms with Gasteiger partial charge < -0.3 is 26.0 Å². The molecule has 1 amide bonds. The Bertz CT molecular complexity index is 1480. The molecule has 45 heavy (non-hydrogen) atoms. The van der Waals surface area contributed by atoms with Gasteiger partial charge in [0.2, 0.25) is 15.9 Å². The summed E-state index contributed by atoms with van der Waals surface area (Å²) in [5.41, 5.74) is 5.66. The van der Waals surface area contributed by atoms with E-state index >= 15 is 0 Å². The number of carbonyl (C=O) groups is 3. The maximum atomic E-state index is 13.6. The number of hydrogen-bond acceptors (Lipinski definition) is 7. The molecular weight excluding hydrogens is 617 g/mol. The number of alkyl halides is 3. The average molecular weight is 657 g/mol. The van der Waals surface area contributed by atoms with Gasteiger partial charge in [-0.1, -0.05) is 43.2 Å². The number of carboxylic acids is 1. The number of ketones is 1. The predicted molar refractivity (Wildman–Crippen MR) is 161 cm³/mol. The van der Waals surface area contributed by atoms with Gasteiger partial charge in [-0.25, -0.2) is 17.9 Å². The van der Waals surface area contributed by atoms with Gasteiger partial charge in [-0.2, -0.15) is 13.2 Å². The van der Waals surface area contributed by atoms with E-state index in [2.05, 4.69) is 10.0 Å². The molecule has 0 radical (unpaired) electrons. The smallest absolute Gasteiger partial charge is 0.475 e. The normalized spacial score (nSPS) is 19.9. The van der Waals surface area contributed by atoms with Crippen LogP contribution in [0.15, 0.2) is 47.4 Å². The number of fused-ring (bicyclic) bond motifs is 1. The average Bonchev–Trinajstić information content (AvgIpc) is 3.29. The van der Waals surface area contributed by atoms with Gasteiger partial charge in [0, 0.05) is 26.2 Å². The first-order valence-corrected chi connectivity index (χ1v) is 16.0. The zero-order valence-electron chi connectivity index (χ0n) is 24.8. The van der Waals surface area contributed by atoms with Gasteiger partial charge in [0.1, 0.15) is 0 Å². The van der Waals surface area contributed by atoms with Gasteiger partial charge in [0.25, 0.3) is 0 Å². The van der Waals surface area contributed by atoms with Crippen LogP contribution in [-0.4, -0.2) is 97.9 Å². The highest BCUT2D eigenvalue weighted by Gasteiger charge is 2.38. The van der Waals surface area contributed by atoms with Crippen molar-refractivity contribution in [1.82, 2.24) is 19.8 Å². The maximum absolute atomic E-state index is 13.6. The van der Waals surface area contributed by atoms with E-state index in [0.29, 0.717) is 26.1 Å². The Labute approximate surface area is 259 Å². The number of nitrogens with two attached hydrogens (primary N) is 1. The second-order valence-electron chi connectivity index (χ2n) is 11.1. The van der Waals surface area contributed by atoms with Gasteiger partial charge in [0.15, 0.2) is 11.7 Å². The zero-order chi connectivity index (χ0) is 33.4. The minimum Gasteiger partial charge on any atom is -0.475 e. The molecule has 0 spiro atoms. The molecule has 0 saturated carbocycles. The first kappa shape index (κ1) is 35.7. The highest BCUT2D eigenvalue weighted by atomic mass is 32.2. The molecule has 0 bridgehead atoms. The molecule has 4 rings (SSSR count). The van der Waals surface area contributed by atoms with Crippen molar-refractivity contribution < 1.29 is 41.1 Å². The van der Waals surface area contributed by atoms with Crippen LogP contribution in [0.25, 0.3) is 10.8 Å². The molecule has 2 aliphatic rings. The Kier molecular flexibility index (Phi) is 12.3. The molecule has 6 N–H and O–H groups in total. The van der Waals surface area contributed by atoms with Crippen molar-refractivity contribution >= 4 is 44.4 Å². The van der Waals surface area contributed by atoms with Gasteiger partial charge in [-0.05, 0) is 55.1 Å². The quantitative estimate of drug-likeness (QED) is 0.210. The summed E-state index contributed by atoms with van der Waals surface area (Å²) in [6, 6.07) is 10.4. The van der Waals surface area contributed by atoms with Gasteiger partial charge in [0.05, 0.1) is 23.4 Å². The van der Waals surface area contributed by atoms with Crippen molar-refractivity contribution in [2.24, 2.45) is 5.73 Å². The molecule has 3 unspecified atom stereocenters. The van der Waals surface area contributed by atoms with Crippen LogP contribution in [0.2, 0.25) is 0 Å². The standard InChI is InChI=1S/C27H38N6O4S.C2HF3O2/c1-32(21-10-7-15-33(18-21)27(28)29)25(34)17-24(26(35)23-11-3-2-6-14-30-23)31-38(36,37)22-13-12-19-8-4-5-9-20(19)16-22;3-2(4,5)1(6)7/h4-5,8-9,12-13,16,21,23-24,30-31H,2-3,6-7,10-11,14-15,17-18H2,1H3,(H3,28,29);(H,6,7). The van der Waals surface area contributed by atoms with Crippen LogP contribution in [-0.2, 0) is 24.4 Å². The fourth-order valence-electron chi connectivity index (χ4n) is 5.32. The number of carbonyl (C=O) groups excluding carboxylic acids is 2. The first-order chi connectivity index (χ1) is 21.1. The van der Waals surface area contributed by atoms with Crippen LogP contribution in [0.1, 0.15) is 44.9 Å². The summed E-state index contributed by atoms with van der Waals surface area (Å²) < 4.78 is 61.2. The first-order valence-electron chi connectivity index (χ1n) is 14.5. The second-order valence-corrected chi connectivity index (χ2v) is 12.8. The number of piperidine rings is 1. The Morgan fingerprint density at radius 1 is 1.11 bits per heavy atom. The van der Waals surface area contributed by atoms with E-state index in [4.69, 9.17) is 21.0 Å². The van der Waals surface area contributed by atoms with E-state index in [1.807, 2.05) is 24.3 Å². The van der Waals surface area contributed by atoms with Crippen molar-refractivity contribution in [1.29, 1.82) is 5.41 Å². The van der Waals surface area contributed by atoms with Crippen LogP contribution in [0, 0.1) is 5.41 Å². The van der Waals surface area contributed by atoms with Crippen LogP contribution in [0.3, 0.4) is 0 Å². The van der Waals surface area contributed by atoms with Crippen LogP contribution in [0.4, 0.5) is 13.2 Å². The summed E-state index contributed by atoms with van der Waals surface area (Å²) in [5, 5.41) is 19.8. The van der Waals surface area contributed by atoms with E-state index in [0.717, 1.165) is 42.9 Å². The third-order valence-electron chi connectivity index (χ3n) is 7.88. The molecule has 2 saturated heterocycles. The third-order valence-corrected chi connectivity index (χ3v) is 9.34. The van der Waals surface area contributed by atoms with Crippen LogP contribution >= 0.6 is 0 Å². The largest absolute Gasteiger partial charge is 0.490 e. The molecule has 0 aliphatic carbocycles. The molecule has 248 valence electrons. The lowest BCUT2D eigenvalue weighted by atomic mass is 9.98. The fourth-order valence-corrected chi connectivity index (χ4v) is 6.56. The lowest BCUT2D eigenvalue weighted by molar-refractivity contribution is -0.192. The Balaban J connectivity index is 0.000000707. The number of carboxylic acid groups (broad SMARTS) is 1. The number of likely N-dealkylation sites (tertiary alicyclic amines) is 1. The Hall–Kier alpha value is -3.76. The molecule has 2 aromatic rings. The monoisotopic (exact) mass is 656 g/mol. The van der Waals surface area contributed by atoms with E-state index in [1.54, 1.807) is 29.0 Å². The van der Waals surface area contributed by atoms with Crippen LogP contribution < -0.4 is 15.8 Å². The van der Waals surface area contributed by atoms with Crippen LogP contribution in [0.5, 0.6) is 0 Å². The summed E-state index contributed by atoms with van der Waals surface area (Å²) in [4.78, 5) is 39.3. The number of benzene rings is 2. The maximum Gasteiger partial charge on any atom is 0.490 e. The van der Waals surface area contributed by atoms with Crippen molar-refractivity contribution in [2.45, 2.75) is 74.1 Å². The highest BCUT2D eigenvalue weighted by Crippen LogP contribution is 2.22. The molecule has 0 aromatic heterocycles. The number of amides is 1. The van der Waals surface area contributed by atoms with E-state index in [9.17, 15) is 31.2 Å². The highest BCUT2D eigenvalue weighted by molar-refractivity contribution is 7.89. The fraction of sp³-hybridized carbons (Fsp3) is 0.517. The minimum absolute atomic E-state index is 0.0359. The number of nitrogens with zero attached hydrogens (tertiary/aromatic N) is 2. The van der Waals surface area contributed by atoms with Crippen molar-refractivity contribution in [2.75, 3.05) is 26.7 Å². The number of Topliss-reactive ketones (excluding diaryl/α,β-unsaturated/α-hetero) is 1. The number of rotatable bonds is 8. The molecule has 2 heterocycles. The summed E-state index contributed by atoms with van der Waals surface area (Å²) >= 11 is 0. The number of sulfonamides is 1. The van der Waals surface area contributed by atoms with Gasteiger partial charge in [-0.15, -0.1) is 0 Å². The van der Waals surface area contributed by atoms with E-state index in [-0.39, 0.29) is 35.0 Å². The summed E-state index contributed by atoms with van der Waals surface area (Å²) in [6.45, 7) is 1.77. The van der Waals surface area contributed by atoms with Crippen molar-refractivity contribution in [3.63, 3.8) is 0 Å². The number of guanidine groups is 1. The molecule has 2 fully saturated rings. The van der Waals surface area contributed by atoms with Crippen molar-refractivity contribution in [3.05, 3.63) is 42.5 Å². The SMILES string of the molecule is CN(C(=O)CC(NS(=O)(=O)c1ccc2ccccc2c1)C(=O)C1CCCCCN1)C1CCCN(C(=N)N)C1.O=C(O)C(F)(F)F. The van der Waals surface area contributed by atoms with Crippen molar-refractivity contribution in [3.8, 4) is 0 Å². The zero-order valence-corrected chi connectivity index (χ0v) is 25.7. The molecule has 2 aliphatic heterocycles. The van der Waals surface area contributed by atoms with E-state index < -0.39 is 34.3 Å². The molecule has 3 atom stereocenters. The van der Waals surface area contributed by atoms with Gasteiger partial charge >= 0.3 is 12.1 Å². The minimum atomic E-state index is -5.08. The number of hydrogen-bond donors (Lipinski definition) is 5. The summed E-state index contributed by atoms with van der Waals surface area (Å²) in [6.07, 6.45) is -0.412. The summed E-state index contributed by atoms with van der Waals surface area (Å²) in [5.74, 6) is -3.43. The number of nitrogens with one attached hydrogen (secondary N) is 3. The van der Waals surface area contributed by atoms with Gasteiger partial charge in [-0.3, -0.25) is 15.0 Å². The lowest BCUT2D eigenvalue weighted by Gasteiger charge is -2.38. The predicted octanol–water partition coefficient (Wildman–Crippen LogP) is 2.43. The Morgan fingerprint density at radius 2 is 1.78 bits per heavy atom. The number of halogens is 3. The lowest BCUT2D eigenvalue weighted by Crippen LogP contribution is -2.54. The second kappa shape index (κ2) is 15.5. The Morgan fingerprint density at radius 3 is 2.42 bits per heavy atom. The molecule has 16 heteroatoms. The summed E-state index contributed by atoms with van der Waals surface area (Å²) in [7, 11) is -2.42. The number of aliphatic carboxylic acids is 1. The molecular formula is C29H39F3N6O6S. The molecule has 12 nitrogen and oxygen atoms in total. The number of likely N-dealkylation sites (N-methyl/N-ethyl adjacent to an activating group) is 1.